The third-order valence-corrected chi connectivity index (χ3v) is 5.46. The molecule has 0 saturated carbocycles. The summed E-state index contributed by atoms with van der Waals surface area (Å²) in [7, 11) is -1.40. The lowest BCUT2D eigenvalue weighted by Crippen LogP contribution is -2.39. The Hall–Kier alpha value is -1.67. The van der Waals surface area contributed by atoms with Crippen molar-refractivity contribution in [1.82, 2.24) is 9.21 Å². The molecule has 1 fully saturated rings. The lowest BCUT2D eigenvalue weighted by atomic mass is 10.3. The standard InChI is InChI=1S/C14H19FN2O4S/c1-16(10-14(18)17-7-3-4-8-17)22(19,20)13-9-11(15)5-6-12(13)21-2/h5-6,9H,3-4,7-8,10H2,1-2H3. The predicted molar refractivity (Wildman–Crippen MR) is 78.6 cm³/mol. The Morgan fingerprint density at radius 3 is 2.59 bits per heavy atom. The van der Waals surface area contributed by atoms with Gasteiger partial charge in [-0.3, -0.25) is 4.79 Å². The quantitative estimate of drug-likeness (QED) is 0.810. The topological polar surface area (TPSA) is 66.9 Å². The van der Waals surface area contributed by atoms with Crippen LogP contribution >= 0.6 is 0 Å². The number of likely N-dealkylation sites (tertiary alicyclic amines) is 1. The van der Waals surface area contributed by atoms with E-state index < -0.39 is 15.8 Å². The van der Waals surface area contributed by atoms with E-state index in [4.69, 9.17) is 4.74 Å². The molecule has 0 N–H and O–H groups in total. The van der Waals surface area contributed by atoms with Gasteiger partial charge in [-0.2, -0.15) is 4.31 Å². The first-order valence-corrected chi connectivity index (χ1v) is 8.38. The van der Waals surface area contributed by atoms with Crippen molar-refractivity contribution in [2.24, 2.45) is 0 Å². The van der Waals surface area contributed by atoms with Gasteiger partial charge in [0, 0.05) is 20.1 Å². The normalized spacial score (nSPS) is 15.4. The molecule has 1 heterocycles. The lowest BCUT2D eigenvalue weighted by molar-refractivity contribution is -0.130. The number of hydrogen-bond donors (Lipinski definition) is 0. The van der Waals surface area contributed by atoms with Crippen molar-refractivity contribution in [1.29, 1.82) is 0 Å². The fourth-order valence-corrected chi connectivity index (χ4v) is 3.65. The number of sulfonamides is 1. The van der Waals surface area contributed by atoms with Gasteiger partial charge in [0.05, 0.1) is 13.7 Å². The minimum absolute atomic E-state index is 0.0434. The van der Waals surface area contributed by atoms with Gasteiger partial charge >= 0.3 is 0 Å². The van der Waals surface area contributed by atoms with Gasteiger partial charge in [0.2, 0.25) is 15.9 Å². The smallest absolute Gasteiger partial charge is 0.247 e. The second-order valence-electron chi connectivity index (χ2n) is 5.14. The van der Waals surface area contributed by atoms with E-state index in [2.05, 4.69) is 0 Å². The van der Waals surface area contributed by atoms with Crippen LogP contribution in [0.15, 0.2) is 23.1 Å². The van der Waals surface area contributed by atoms with Gasteiger partial charge in [0.25, 0.3) is 0 Å². The number of likely N-dealkylation sites (N-methyl/N-ethyl adjacent to an activating group) is 1. The van der Waals surface area contributed by atoms with Gasteiger partial charge in [0.1, 0.15) is 16.5 Å². The van der Waals surface area contributed by atoms with E-state index in [-0.39, 0.29) is 23.1 Å². The summed E-state index contributed by atoms with van der Waals surface area (Å²) in [6.45, 7) is 1.02. The van der Waals surface area contributed by atoms with Crippen LogP contribution in [0.4, 0.5) is 4.39 Å². The molecule has 1 aliphatic heterocycles. The number of nitrogens with zero attached hydrogens (tertiary/aromatic N) is 2. The number of benzene rings is 1. The number of hydrogen-bond acceptors (Lipinski definition) is 4. The minimum atomic E-state index is -4.01. The average molecular weight is 330 g/mol. The van der Waals surface area contributed by atoms with Crippen molar-refractivity contribution in [3.05, 3.63) is 24.0 Å². The summed E-state index contributed by atoms with van der Waals surface area (Å²) in [5.41, 5.74) is 0. The van der Waals surface area contributed by atoms with E-state index in [0.29, 0.717) is 13.1 Å². The van der Waals surface area contributed by atoms with E-state index in [1.807, 2.05) is 0 Å². The largest absolute Gasteiger partial charge is 0.495 e. The third kappa shape index (κ3) is 3.38. The molecule has 1 aromatic rings. The Morgan fingerprint density at radius 1 is 1.36 bits per heavy atom. The first-order valence-electron chi connectivity index (χ1n) is 6.94. The molecule has 1 aromatic carbocycles. The highest BCUT2D eigenvalue weighted by Gasteiger charge is 2.29. The molecule has 0 atom stereocenters. The number of methoxy groups -OCH3 is 1. The number of ether oxygens (including phenoxy) is 1. The molecule has 22 heavy (non-hydrogen) atoms. The summed E-state index contributed by atoms with van der Waals surface area (Å²) in [6.07, 6.45) is 1.86. The summed E-state index contributed by atoms with van der Waals surface area (Å²) >= 11 is 0. The highest BCUT2D eigenvalue weighted by molar-refractivity contribution is 7.89. The van der Waals surface area contributed by atoms with Crippen LogP contribution in [-0.4, -0.2) is 57.3 Å². The highest BCUT2D eigenvalue weighted by Crippen LogP contribution is 2.27. The zero-order valence-electron chi connectivity index (χ0n) is 12.6. The summed E-state index contributed by atoms with van der Waals surface area (Å²) in [4.78, 5) is 13.4. The fourth-order valence-electron chi connectivity index (χ4n) is 2.36. The van der Waals surface area contributed by atoms with Crippen molar-refractivity contribution in [3.63, 3.8) is 0 Å². The predicted octanol–water partition coefficient (Wildman–Crippen LogP) is 1.08. The van der Waals surface area contributed by atoms with Crippen molar-refractivity contribution in [2.75, 3.05) is 33.8 Å². The second-order valence-corrected chi connectivity index (χ2v) is 7.16. The van der Waals surface area contributed by atoms with Gasteiger partial charge in [-0.15, -0.1) is 0 Å². The van der Waals surface area contributed by atoms with E-state index in [1.165, 1.54) is 20.2 Å². The maximum absolute atomic E-state index is 13.4. The van der Waals surface area contributed by atoms with Crippen LogP contribution in [0.1, 0.15) is 12.8 Å². The molecule has 122 valence electrons. The van der Waals surface area contributed by atoms with Gasteiger partial charge in [0.15, 0.2) is 0 Å². The molecular formula is C14H19FN2O4S. The SMILES string of the molecule is COc1ccc(F)cc1S(=O)(=O)N(C)CC(=O)N1CCCC1. The third-order valence-electron chi connectivity index (χ3n) is 3.63. The molecule has 1 aliphatic rings. The van der Waals surface area contributed by atoms with E-state index in [0.717, 1.165) is 29.3 Å². The molecule has 0 aliphatic carbocycles. The number of amides is 1. The minimum Gasteiger partial charge on any atom is -0.495 e. The number of carbonyl (C=O) groups is 1. The highest BCUT2D eigenvalue weighted by atomic mass is 32.2. The van der Waals surface area contributed by atoms with Crippen LogP contribution in [0.3, 0.4) is 0 Å². The van der Waals surface area contributed by atoms with E-state index in [1.54, 1.807) is 4.90 Å². The zero-order valence-corrected chi connectivity index (χ0v) is 13.4. The van der Waals surface area contributed by atoms with E-state index >= 15 is 0 Å². The maximum atomic E-state index is 13.4. The van der Waals surface area contributed by atoms with Crippen LogP contribution in [0, 0.1) is 5.82 Å². The number of halogens is 1. The van der Waals surface area contributed by atoms with Crippen molar-refractivity contribution in [2.45, 2.75) is 17.7 Å². The molecule has 8 heteroatoms. The Labute approximate surface area is 129 Å². The Balaban J connectivity index is 2.22. The van der Waals surface area contributed by atoms with Gasteiger partial charge in [-0.1, -0.05) is 0 Å². The van der Waals surface area contributed by atoms with Crippen LogP contribution in [0.2, 0.25) is 0 Å². The van der Waals surface area contributed by atoms with Crippen molar-refractivity contribution < 1.29 is 22.3 Å². The zero-order chi connectivity index (χ0) is 16.3. The van der Waals surface area contributed by atoms with Crippen molar-refractivity contribution >= 4 is 15.9 Å². The van der Waals surface area contributed by atoms with Crippen LogP contribution in [0.25, 0.3) is 0 Å². The summed E-state index contributed by atoms with van der Waals surface area (Å²) in [6, 6.07) is 3.26. The molecule has 6 nitrogen and oxygen atoms in total. The molecule has 0 unspecified atom stereocenters. The number of carbonyl (C=O) groups excluding carboxylic acids is 1. The summed E-state index contributed by atoms with van der Waals surface area (Å²) in [5, 5.41) is 0. The average Bonchev–Trinajstić information content (AvgIpc) is 3.01. The first kappa shape index (κ1) is 16.7. The van der Waals surface area contributed by atoms with Gasteiger partial charge in [-0.25, -0.2) is 12.8 Å². The summed E-state index contributed by atoms with van der Waals surface area (Å²) < 4.78 is 44.3. The van der Waals surface area contributed by atoms with Gasteiger partial charge in [-0.05, 0) is 31.0 Å². The molecular weight excluding hydrogens is 311 g/mol. The maximum Gasteiger partial charge on any atom is 0.247 e. The van der Waals surface area contributed by atoms with Crippen LogP contribution in [-0.2, 0) is 14.8 Å². The van der Waals surface area contributed by atoms with Crippen LogP contribution < -0.4 is 4.74 Å². The molecule has 1 amide bonds. The van der Waals surface area contributed by atoms with Crippen molar-refractivity contribution in [3.8, 4) is 5.75 Å². The monoisotopic (exact) mass is 330 g/mol. The molecule has 2 rings (SSSR count). The Morgan fingerprint density at radius 2 is 2.00 bits per heavy atom. The first-order chi connectivity index (χ1) is 10.4. The van der Waals surface area contributed by atoms with Crippen LogP contribution in [0.5, 0.6) is 5.75 Å². The molecule has 0 radical (unpaired) electrons. The fraction of sp³-hybridized carbons (Fsp3) is 0.500. The second kappa shape index (κ2) is 6.62. The lowest BCUT2D eigenvalue weighted by Gasteiger charge is -2.22. The summed E-state index contributed by atoms with van der Waals surface area (Å²) in [5.74, 6) is -0.889. The number of rotatable bonds is 5. The molecule has 0 bridgehead atoms. The Kier molecular flexibility index (Phi) is 5.02. The Bertz CT molecular complexity index is 657. The van der Waals surface area contributed by atoms with Gasteiger partial charge < -0.3 is 9.64 Å². The molecule has 0 aromatic heterocycles. The molecule has 1 saturated heterocycles. The molecule has 0 spiro atoms. The van der Waals surface area contributed by atoms with E-state index in [9.17, 15) is 17.6 Å².